The predicted octanol–water partition coefficient (Wildman–Crippen LogP) is 4.05. The zero-order valence-electron chi connectivity index (χ0n) is 17.6. The summed E-state index contributed by atoms with van der Waals surface area (Å²) in [5.74, 6) is 0.330. The van der Waals surface area contributed by atoms with Crippen molar-refractivity contribution in [3.05, 3.63) is 65.6 Å². The second-order valence-electron chi connectivity index (χ2n) is 7.28. The molecule has 0 radical (unpaired) electrons. The average Bonchev–Trinajstić information content (AvgIpc) is 3.34. The van der Waals surface area contributed by atoms with Crippen LogP contribution in [0.2, 0.25) is 0 Å². The van der Waals surface area contributed by atoms with E-state index in [2.05, 4.69) is 14.9 Å². The van der Waals surface area contributed by atoms with Crippen LogP contribution in [0, 0.1) is 5.82 Å². The van der Waals surface area contributed by atoms with E-state index in [4.69, 9.17) is 15.2 Å². The van der Waals surface area contributed by atoms with Crippen molar-refractivity contribution in [1.82, 2.24) is 9.97 Å². The van der Waals surface area contributed by atoms with Crippen molar-refractivity contribution in [3.8, 4) is 11.6 Å². The lowest BCUT2D eigenvalue weighted by molar-refractivity contribution is 0.1000. The molecule has 166 valence electrons. The van der Waals surface area contributed by atoms with Crippen LogP contribution in [0.15, 0.2) is 58.5 Å². The number of hydrogen-bond acceptors (Lipinski definition) is 7. The van der Waals surface area contributed by atoms with Gasteiger partial charge in [-0.2, -0.15) is 4.98 Å². The Hall–Kier alpha value is -3.33. The van der Waals surface area contributed by atoms with Crippen LogP contribution in [0.3, 0.4) is 0 Å². The molecule has 4 rings (SSSR count). The Morgan fingerprint density at radius 1 is 1.19 bits per heavy atom. The zero-order valence-corrected chi connectivity index (χ0v) is 18.4. The minimum absolute atomic E-state index is 0.163. The normalized spacial score (nSPS) is 13.2. The third-order valence-corrected chi connectivity index (χ3v) is 6.06. The van der Waals surface area contributed by atoms with Gasteiger partial charge in [-0.15, -0.1) is 0 Å². The van der Waals surface area contributed by atoms with Gasteiger partial charge >= 0.3 is 0 Å². The molecule has 1 aliphatic rings. The zero-order chi connectivity index (χ0) is 22.5. The van der Waals surface area contributed by atoms with E-state index in [0.29, 0.717) is 17.4 Å². The van der Waals surface area contributed by atoms with E-state index >= 15 is 0 Å². The van der Waals surface area contributed by atoms with Crippen LogP contribution < -0.4 is 20.1 Å². The maximum atomic E-state index is 13.7. The number of anilines is 1. The summed E-state index contributed by atoms with van der Waals surface area (Å²) in [4.78, 5) is 24.3. The first-order valence-electron chi connectivity index (χ1n) is 10.2. The third-order valence-electron chi connectivity index (χ3n) is 5.06. The Morgan fingerprint density at radius 2 is 1.94 bits per heavy atom. The molecule has 1 aromatic heterocycles. The predicted molar refractivity (Wildman–Crippen MR) is 120 cm³/mol. The van der Waals surface area contributed by atoms with E-state index in [1.807, 2.05) is 12.1 Å². The second-order valence-corrected chi connectivity index (χ2v) is 8.40. The standard InChI is InChI=1S/C23H23FN4O3S/c1-30-19-12-15(4-9-18(19)24)14-31-22-20(13-26-23(27-22)28-10-2-3-11-28)32-17-7-5-16(6-8-17)21(25)29/h4-9,12-13H,2-3,10-11,14H2,1H3,(H2,25,29). The van der Waals surface area contributed by atoms with E-state index in [-0.39, 0.29) is 12.4 Å². The van der Waals surface area contributed by atoms with E-state index in [1.165, 1.54) is 24.9 Å². The molecule has 1 saturated heterocycles. The fourth-order valence-corrected chi connectivity index (χ4v) is 4.17. The Balaban J connectivity index is 1.58. The van der Waals surface area contributed by atoms with Crippen LogP contribution in [0.5, 0.6) is 11.6 Å². The van der Waals surface area contributed by atoms with Gasteiger partial charge in [0.25, 0.3) is 0 Å². The number of hydrogen-bond donors (Lipinski definition) is 1. The Morgan fingerprint density at radius 3 is 2.62 bits per heavy atom. The van der Waals surface area contributed by atoms with E-state index in [0.717, 1.165) is 41.3 Å². The summed E-state index contributed by atoms with van der Waals surface area (Å²) in [7, 11) is 1.42. The largest absolute Gasteiger partial charge is 0.494 e. The van der Waals surface area contributed by atoms with Gasteiger partial charge in [-0.05, 0) is 54.8 Å². The van der Waals surface area contributed by atoms with Gasteiger partial charge in [-0.1, -0.05) is 17.8 Å². The molecule has 7 nitrogen and oxygen atoms in total. The molecule has 3 aromatic rings. The Labute approximate surface area is 189 Å². The lowest BCUT2D eigenvalue weighted by Gasteiger charge is -2.17. The van der Waals surface area contributed by atoms with E-state index < -0.39 is 11.7 Å². The van der Waals surface area contributed by atoms with Gasteiger partial charge in [0, 0.05) is 23.5 Å². The lowest BCUT2D eigenvalue weighted by Crippen LogP contribution is -2.20. The first-order chi connectivity index (χ1) is 15.5. The van der Waals surface area contributed by atoms with Crippen molar-refractivity contribution in [2.75, 3.05) is 25.1 Å². The highest BCUT2D eigenvalue weighted by Gasteiger charge is 2.18. The van der Waals surface area contributed by atoms with Crippen molar-refractivity contribution in [1.29, 1.82) is 0 Å². The van der Waals surface area contributed by atoms with Gasteiger partial charge in [-0.25, -0.2) is 9.37 Å². The fraction of sp³-hybridized carbons (Fsp3) is 0.261. The smallest absolute Gasteiger partial charge is 0.248 e. The quantitative estimate of drug-likeness (QED) is 0.549. The van der Waals surface area contributed by atoms with Crippen LogP contribution in [0.1, 0.15) is 28.8 Å². The van der Waals surface area contributed by atoms with Crippen LogP contribution in [0.25, 0.3) is 0 Å². The number of primary amides is 1. The van der Waals surface area contributed by atoms with Gasteiger partial charge in [0.05, 0.1) is 18.2 Å². The average molecular weight is 455 g/mol. The summed E-state index contributed by atoms with van der Waals surface area (Å²) in [6.07, 6.45) is 3.96. The Bertz CT molecular complexity index is 1100. The molecule has 0 bridgehead atoms. The SMILES string of the molecule is COc1cc(COc2nc(N3CCCC3)ncc2Sc2ccc(C(N)=O)cc2)ccc1F. The Kier molecular flexibility index (Phi) is 6.75. The highest BCUT2D eigenvalue weighted by atomic mass is 32.2. The molecule has 2 aromatic carbocycles. The highest BCUT2D eigenvalue weighted by molar-refractivity contribution is 7.99. The van der Waals surface area contributed by atoms with Crippen LogP contribution in [-0.2, 0) is 6.61 Å². The van der Waals surface area contributed by atoms with Crippen LogP contribution in [-0.4, -0.2) is 36.1 Å². The van der Waals surface area contributed by atoms with Gasteiger partial charge < -0.3 is 20.1 Å². The number of amides is 1. The molecule has 0 saturated carbocycles. The van der Waals surface area contributed by atoms with Crippen molar-refractivity contribution < 1.29 is 18.7 Å². The number of nitrogens with two attached hydrogens (primary N) is 1. The first-order valence-corrected chi connectivity index (χ1v) is 11.0. The number of carbonyl (C=O) groups excluding carboxylic acids is 1. The molecular weight excluding hydrogens is 431 g/mol. The molecule has 1 amide bonds. The number of halogens is 1. The monoisotopic (exact) mass is 454 g/mol. The number of aromatic nitrogens is 2. The summed E-state index contributed by atoms with van der Waals surface area (Å²) in [5, 5.41) is 0. The number of nitrogens with zero attached hydrogens (tertiary/aromatic N) is 3. The van der Waals surface area contributed by atoms with Crippen LogP contribution in [0.4, 0.5) is 10.3 Å². The summed E-state index contributed by atoms with van der Waals surface area (Å²) in [6, 6.07) is 11.6. The molecule has 1 fully saturated rings. The van der Waals surface area contributed by atoms with Crippen molar-refractivity contribution in [2.45, 2.75) is 29.2 Å². The summed E-state index contributed by atoms with van der Waals surface area (Å²) in [6.45, 7) is 2.02. The molecule has 0 atom stereocenters. The van der Waals surface area contributed by atoms with Gasteiger partial charge in [0.1, 0.15) is 6.61 Å². The summed E-state index contributed by atoms with van der Waals surface area (Å²) in [5.41, 5.74) is 6.52. The summed E-state index contributed by atoms with van der Waals surface area (Å²) >= 11 is 1.43. The van der Waals surface area contributed by atoms with Gasteiger partial charge in [0.15, 0.2) is 11.6 Å². The maximum Gasteiger partial charge on any atom is 0.248 e. The molecule has 2 N–H and O–H groups in total. The molecule has 2 heterocycles. The van der Waals surface area contributed by atoms with E-state index in [9.17, 15) is 9.18 Å². The lowest BCUT2D eigenvalue weighted by atomic mass is 10.2. The maximum absolute atomic E-state index is 13.7. The molecule has 32 heavy (non-hydrogen) atoms. The molecular formula is C23H23FN4O3S. The first kappa shape index (κ1) is 21.9. The topological polar surface area (TPSA) is 90.6 Å². The van der Waals surface area contributed by atoms with Gasteiger partial charge in [0.2, 0.25) is 17.7 Å². The molecule has 1 aliphatic heterocycles. The van der Waals surface area contributed by atoms with Crippen LogP contribution >= 0.6 is 11.8 Å². The van der Waals surface area contributed by atoms with E-state index in [1.54, 1.807) is 30.5 Å². The van der Waals surface area contributed by atoms with Crippen molar-refractivity contribution in [3.63, 3.8) is 0 Å². The van der Waals surface area contributed by atoms with Gasteiger partial charge in [-0.3, -0.25) is 4.79 Å². The number of benzene rings is 2. The third kappa shape index (κ3) is 5.11. The number of rotatable bonds is 8. The van der Waals surface area contributed by atoms with Crippen molar-refractivity contribution in [2.24, 2.45) is 5.73 Å². The number of methoxy groups -OCH3 is 1. The number of ether oxygens (including phenoxy) is 2. The highest BCUT2D eigenvalue weighted by Crippen LogP contribution is 2.35. The minimum atomic E-state index is -0.474. The fourth-order valence-electron chi connectivity index (χ4n) is 3.35. The number of carbonyl (C=O) groups is 1. The van der Waals surface area contributed by atoms with Crippen molar-refractivity contribution >= 4 is 23.6 Å². The molecule has 0 spiro atoms. The summed E-state index contributed by atoms with van der Waals surface area (Å²) < 4.78 is 24.8. The molecule has 0 aliphatic carbocycles. The minimum Gasteiger partial charge on any atom is -0.494 e. The molecule has 9 heteroatoms. The second kappa shape index (κ2) is 9.86. The molecule has 0 unspecified atom stereocenters.